The summed E-state index contributed by atoms with van der Waals surface area (Å²) in [5, 5.41) is 4.61. The fourth-order valence-corrected chi connectivity index (χ4v) is 1.61. The molecule has 0 atom stereocenters. The number of imide groups is 1. The minimum absolute atomic E-state index is 0.495. The summed E-state index contributed by atoms with van der Waals surface area (Å²) in [4.78, 5) is 34.2. The number of rotatable bonds is 7. The molecule has 1 rings (SSSR count). The van der Waals surface area contributed by atoms with Crippen molar-refractivity contribution in [2.24, 2.45) is 0 Å². The largest absolute Gasteiger partial charge is 0.452 e. The third-order valence-corrected chi connectivity index (χ3v) is 2.90. The van der Waals surface area contributed by atoms with Crippen LogP contribution in [-0.2, 0) is 14.3 Å². The van der Waals surface area contributed by atoms with Gasteiger partial charge in [0.05, 0.1) is 0 Å². The maximum atomic E-state index is 11.5. The fourth-order valence-electron chi connectivity index (χ4n) is 1.61. The summed E-state index contributed by atoms with van der Waals surface area (Å²) >= 11 is 0. The second kappa shape index (κ2) is 10.2. The zero-order valence-electron chi connectivity index (χ0n) is 13.4. The lowest BCUT2D eigenvalue weighted by Crippen LogP contribution is -2.41. The third-order valence-electron chi connectivity index (χ3n) is 2.90. The number of nitrogens with one attached hydrogen (secondary N) is 2. The van der Waals surface area contributed by atoms with Gasteiger partial charge in [0.1, 0.15) is 0 Å². The molecular weight excluding hydrogens is 296 g/mol. The predicted octanol–water partition coefficient (Wildman–Crippen LogP) is 2.18. The minimum atomic E-state index is -0.670. The molecule has 6 heteroatoms. The Morgan fingerprint density at radius 1 is 1.17 bits per heavy atom. The summed E-state index contributed by atoms with van der Waals surface area (Å²) in [5.41, 5.74) is 1.98. The quantitative estimate of drug-likeness (QED) is 0.458. The van der Waals surface area contributed by atoms with E-state index in [0.717, 1.165) is 24.0 Å². The maximum absolute atomic E-state index is 11.5. The molecule has 0 aliphatic carbocycles. The van der Waals surface area contributed by atoms with E-state index in [9.17, 15) is 14.4 Å². The van der Waals surface area contributed by atoms with Crippen LogP contribution in [0.25, 0.3) is 6.08 Å². The summed E-state index contributed by atoms with van der Waals surface area (Å²) in [6.07, 6.45) is 4.61. The van der Waals surface area contributed by atoms with E-state index in [2.05, 4.69) is 10.6 Å². The van der Waals surface area contributed by atoms with E-state index >= 15 is 0 Å². The summed E-state index contributed by atoms with van der Waals surface area (Å²) in [5.74, 6) is -1.32. The molecule has 0 aliphatic rings. The Morgan fingerprint density at radius 3 is 2.52 bits per heavy atom. The third kappa shape index (κ3) is 8.40. The molecule has 3 amide bonds. The number of amides is 3. The average Bonchev–Trinajstić information content (AvgIpc) is 2.52. The molecule has 1 aromatic rings. The zero-order valence-corrected chi connectivity index (χ0v) is 13.4. The molecule has 0 unspecified atom stereocenters. The van der Waals surface area contributed by atoms with Gasteiger partial charge in [-0.05, 0) is 25.0 Å². The first-order valence-corrected chi connectivity index (χ1v) is 7.50. The first-order chi connectivity index (χ1) is 11.0. The van der Waals surface area contributed by atoms with Gasteiger partial charge in [0.2, 0.25) is 0 Å². The van der Waals surface area contributed by atoms with E-state index in [1.54, 1.807) is 6.08 Å². The molecule has 2 N–H and O–H groups in total. The van der Waals surface area contributed by atoms with Crippen LogP contribution in [0.3, 0.4) is 0 Å². The Labute approximate surface area is 135 Å². The van der Waals surface area contributed by atoms with Gasteiger partial charge in [-0.3, -0.25) is 10.1 Å². The molecule has 0 radical (unpaired) electrons. The number of aryl methyl sites for hydroxylation is 1. The molecule has 0 heterocycles. The van der Waals surface area contributed by atoms with Crippen LogP contribution >= 0.6 is 0 Å². The van der Waals surface area contributed by atoms with Crippen molar-refractivity contribution < 1.29 is 19.1 Å². The van der Waals surface area contributed by atoms with Crippen molar-refractivity contribution in [2.75, 3.05) is 13.2 Å². The number of hydrogen-bond acceptors (Lipinski definition) is 4. The molecule has 23 heavy (non-hydrogen) atoms. The number of unbranched alkanes of at least 4 members (excludes halogenated alkanes) is 1. The van der Waals surface area contributed by atoms with Crippen molar-refractivity contribution in [3.05, 3.63) is 41.5 Å². The van der Waals surface area contributed by atoms with Crippen LogP contribution in [-0.4, -0.2) is 31.1 Å². The fraction of sp³-hybridized carbons (Fsp3) is 0.353. The number of carbonyl (C=O) groups is 3. The lowest BCUT2D eigenvalue weighted by molar-refractivity contribution is -0.143. The highest BCUT2D eigenvalue weighted by Gasteiger charge is 2.08. The summed E-state index contributed by atoms with van der Waals surface area (Å²) in [7, 11) is 0. The maximum Gasteiger partial charge on any atom is 0.331 e. The van der Waals surface area contributed by atoms with Gasteiger partial charge in [0.15, 0.2) is 6.61 Å². The van der Waals surface area contributed by atoms with E-state index in [4.69, 9.17) is 4.74 Å². The van der Waals surface area contributed by atoms with Crippen molar-refractivity contribution in [1.82, 2.24) is 10.6 Å². The van der Waals surface area contributed by atoms with E-state index in [-0.39, 0.29) is 0 Å². The van der Waals surface area contributed by atoms with Crippen LogP contribution in [0.2, 0.25) is 0 Å². The molecule has 0 saturated heterocycles. The number of hydrogen-bond donors (Lipinski definition) is 2. The minimum Gasteiger partial charge on any atom is -0.452 e. The molecule has 0 bridgehead atoms. The molecule has 0 aromatic heterocycles. The van der Waals surface area contributed by atoms with Gasteiger partial charge in [-0.2, -0.15) is 0 Å². The summed E-state index contributed by atoms with van der Waals surface area (Å²) in [6, 6.07) is 7.00. The molecule has 124 valence electrons. The monoisotopic (exact) mass is 318 g/mol. The van der Waals surface area contributed by atoms with E-state index in [1.807, 2.05) is 38.1 Å². The number of ether oxygens (including phenoxy) is 1. The van der Waals surface area contributed by atoms with Gasteiger partial charge < -0.3 is 10.1 Å². The lowest BCUT2D eigenvalue weighted by atomic mass is 10.1. The Morgan fingerprint density at radius 2 is 1.87 bits per heavy atom. The number of esters is 1. The Bertz CT molecular complexity index is 564. The Hall–Kier alpha value is -2.63. The second-order valence-electron chi connectivity index (χ2n) is 5.01. The first kappa shape index (κ1) is 18.4. The highest BCUT2D eigenvalue weighted by Crippen LogP contribution is 2.04. The second-order valence-corrected chi connectivity index (χ2v) is 5.01. The normalized spacial score (nSPS) is 10.3. The molecule has 6 nitrogen and oxygen atoms in total. The van der Waals surface area contributed by atoms with Crippen molar-refractivity contribution >= 4 is 24.0 Å². The molecular formula is C17H22N2O4. The van der Waals surface area contributed by atoms with Crippen molar-refractivity contribution in [1.29, 1.82) is 0 Å². The predicted molar refractivity (Wildman–Crippen MR) is 87.6 cm³/mol. The average molecular weight is 318 g/mol. The molecule has 1 aromatic carbocycles. The van der Waals surface area contributed by atoms with Gasteiger partial charge in [-0.1, -0.05) is 43.2 Å². The number of urea groups is 1. The number of carbonyl (C=O) groups excluding carboxylic acids is 3. The van der Waals surface area contributed by atoms with Crippen molar-refractivity contribution in [2.45, 2.75) is 26.7 Å². The molecule has 0 saturated carbocycles. The Kier molecular flexibility index (Phi) is 8.13. The van der Waals surface area contributed by atoms with E-state index in [0.29, 0.717) is 6.54 Å². The summed E-state index contributed by atoms with van der Waals surface area (Å²) in [6.45, 7) is 3.96. The Balaban J connectivity index is 2.28. The zero-order chi connectivity index (χ0) is 17.1. The first-order valence-electron chi connectivity index (χ1n) is 7.50. The van der Waals surface area contributed by atoms with E-state index < -0.39 is 24.5 Å². The van der Waals surface area contributed by atoms with Crippen LogP contribution in [0, 0.1) is 6.92 Å². The highest BCUT2D eigenvalue weighted by atomic mass is 16.5. The lowest BCUT2D eigenvalue weighted by Gasteiger charge is -2.06. The molecule has 0 aliphatic heterocycles. The standard InChI is InChI=1S/C17H22N2O4/c1-3-4-11-18-17(22)19-15(20)12-23-16(21)10-9-14-7-5-13(2)6-8-14/h5-10H,3-4,11-12H2,1-2H3,(H2,18,19,20,22)/b10-9+. The van der Waals surface area contributed by atoms with Crippen LogP contribution < -0.4 is 10.6 Å². The molecule has 0 fully saturated rings. The summed E-state index contributed by atoms with van der Waals surface area (Å²) < 4.78 is 4.76. The highest BCUT2D eigenvalue weighted by molar-refractivity contribution is 5.96. The van der Waals surface area contributed by atoms with Gasteiger partial charge >= 0.3 is 12.0 Å². The van der Waals surface area contributed by atoms with E-state index in [1.165, 1.54) is 6.08 Å². The van der Waals surface area contributed by atoms with Crippen molar-refractivity contribution in [3.63, 3.8) is 0 Å². The van der Waals surface area contributed by atoms with Crippen LogP contribution in [0.5, 0.6) is 0 Å². The van der Waals surface area contributed by atoms with Crippen LogP contribution in [0.15, 0.2) is 30.3 Å². The smallest absolute Gasteiger partial charge is 0.331 e. The van der Waals surface area contributed by atoms with Gasteiger partial charge in [-0.15, -0.1) is 0 Å². The van der Waals surface area contributed by atoms with Gasteiger partial charge in [-0.25, -0.2) is 9.59 Å². The van der Waals surface area contributed by atoms with Crippen LogP contribution in [0.1, 0.15) is 30.9 Å². The van der Waals surface area contributed by atoms with Gasteiger partial charge in [0, 0.05) is 12.6 Å². The molecule has 0 spiro atoms. The topological polar surface area (TPSA) is 84.5 Å². The van der Waals surface area contributed by atoms with Crippen LogP contribution in [0.4, 0.5) is 4.79 Å². The number of benzene rings is 1. The van der Waals surface area contributed by atoms with Crippen molar-refractivity contribution in [3.8, 4) is 0 Å². The van der Waals surface area contributed by atoms with Gasteiger partial charge in [0.25, 0.3) is 5.91 Å². The SMILES string of the molecule is CCCCNC(=O)NC(=O)COC(=O)/C=C/c1ccc(C)cc1.